The van der Waals surface area contributed by atoms with E-state index in [0.717, 1.165) is 19.3 Å². The molecule has 2 heterocycles. The fourth-order valence-corrected chi connectivity index (χ4v) is 5.82. The molecular weight excluding hydrogens is 642 g/mol. The quantitative estimate of drug-likeness (QED) is 0.235. The molecule has 0 bridgehead atoms. The molecule has 50 heavy (non-hydrogen) atoms. The van der Waals surface area contributed by atoms with Gasteiger partial charge in [-0.3, -0.25) is 4.79 Å². The number of urea groups is 2. The Labute approximate surface area is 292 Å². The Morgan fingerprint density at radius 3 is 2.38 bits per heavy atom. The van der Waals surface area contributed by atoms with Crippen molar-refractivity contribution in [3.8, 4) is 17.2 Å². The van der Waals surface area contributed by atoms with E-state index in [1.807, 2.05) is 32.0 Å². The zero-order valence-electron chi connectivity index (χ0n) is 29.0. The standard InChI is InChI=1S/C37H47N5O8/c1-24-20-42(25(2)22-43)35(44)30-18-28(39-36(45)38-27-11-6-5-7-12-27)13-15-31(30)50-26(3)10-8-9-17-47-34(24)21-41(4)37(46)40-29-14-16-32-33(19-29)49-23-48-32/h5-7,11-16,18-19,24-26,34,43H,8-10,17,20-23H2,1-4H3,(H,40,46)(H2,38,39,45)/t24-,25+,26-,34+/m0/s1. The third-order valence-electron chi connectivity index (χ3n) is 8.77. The van der Waals surface area contributed by atoms with Crippen LogP contribution in [-0.2, 0) is 4.74 Å². The maximum absolute atomic E-state index is 14.4. The summed E-state index contributed by atoms with van der Waals surface area (Å²) < 4.78 is 23.5. The van der Waals surface area contributed by atoms with Gasteiger partial charge in [-0.2, -0.15) is 0 Å². The predicted molar refractivity (Wildman–Crippen MR) is 190 cm³/mol. The molecular formula is C37H47N5O8. The average molecular weight is 690 g/mol. The van der Waals surface area contributed by atoms with Crippen LogP contribution in [0.2, 0.25) is 0 Å². The van der Waals surface area contributed by atoms with Gasteiger partial charge in [-0.15, -0.1) is 0 Å². The molecule has 4 N–H and O–H groups in total. The second kappa shape index (κ2) is 17.1. The van der Waals surface area contributed by atoms with E-state index in [9.17, 15) is 19.5 Å². The second-order valence-corrected chi connectivity index (χ2v) is 12.8. The number of aliphatic hydroxyl groups excluding tert-OH is 1. The molecule has 0 spiro atoms. The van der Waals surface area contributed by atoms with Crippen LogP contribution >= 0.6 is 0 Å². The second-order valence-electron chi connectivity index (χ2n) is 12.8. The molecule has 2 aliphatic rings. The van der Waals surface area contributed by atoms with Gasteiger partial charge in [0, 0.05) is 55.8 Å². The average Bonchev–Trinajstić information content (AvgIpc) is 3.58. The number of para-hydroxylation sites is 1. The number of benzene rings is 3. The van der Waals surface area contributed by atoms with Gasteiger partial charge in [-0.1, -0.05) is 25.1 Å². The number of hydrogen-bond acceptors (Lipinski definition) is 8. The highest BCUT2D eigenvalue weighted by Crippen LogP contribution is 2.34. The first kappa shape index (κ1) is 36.3. The van der Waals surface area contributed by atoms with E-state index in [2.05, 4.69) is 16.0 Å². The number of hydrogen-bond donors (Lipinski definition) is 4. The maximum Gasteiger partial charge on any atom is 0.323 e. The first-order valence-corrected chi connectivity index (χ1v) is 17.0. The molecule has 0 fully saturated rings. The largest absolute Gasteiger partial charge is 0.490 e. The number of nitrogens with zero attached hydrogens (tertiary/aromatic N) is 2. The van der Waals surface area contributed by atoms with Crippen LogP contribution in [0.3, 0.4) is 0 Å². The highest BCUT2D eigenvalue weighted by molar-refractivity contribution is 6.02. The van der Waals surface area contributed by atoms with Crippen molar-refractivity contribution in [2.24, 2.45) is 5.92 Å². The van der Waals surface area contributed by atoms with Gasteiger partial charge in [0.05, 0.1) is 30.4 Å². The van der Waals surface area contributed by atoms with E-state index in [1.165, 1.54) is 0 Å². The third kappa shape index (κ3) is 9.57. The number of fused-ring (bicyclic) bond motifs is 2. The Hall–Kier alpha value is -5.01. The minimum Gasteiger partial charge on any atom is -0.490 e. The lowest BCUT2D eigenvalue weighted by Crippen LogP contribution is -2.48. The van der Waals surface area contributed by atoms with Gasteiger partial charge in [0.15, 0.2) is 11.5 Å². The minimum absolute atomic E-state index is 0.138. The molecule has 4 atom stereocenters. The van der Waals surface area contributed by atoms with Crippen LogP contribution < -0.4 is 30.2 Å². The van der Waals surface area contributed by atoms with Crippen LogP contribution in [-0.4, -0.2) is 91.3 Å². The fraction of sp³-hybridized carbons (Fsp3) is 0.432. The summed E-state index contributed by atoms with van der Waals surface area (Å²) in [6, 6.07) is 17.9. The van der Waals surface area contributed by atoms with Gasteiger partial charge in [0.1, 0.15) is 5.75 Å². The number of likely N-dealkylation sites (N-methyl/N-ethyl adjacent to an activating group) is 1. The Bertz CT molecular complexity index is 1620. The number of carbonyl (C=O) groups excluding carboxylic acids is 3. The zero-order valence-corrected chi connectivity index (χ0v) is 29.0. The predicted octanol–water partition coefficient (Wildman–Crippen LogP) is 6.02. The SMILES string of the molecule is C[C@H](CO)N1C[C@H](C)[C@@H](CN(C)C(=O)Nc2ccc3c(c2)OCO3)OCCCC[C@H](C)Oc2ccc(NC(=O)Nc3ccccc3)cc2C1=O. The number of amides is 5. The molecule has 3 aromatic rings. The lowest BCUT2D eigenvalue weighted by atomic mass is 10.0. The molecule has 0 saturated carbocycles. The summed E-state index contributed by atoms with van der Waals surface area (Å²) in [5, 5.41) is 18.7. The molecule has 0 aliphatic carbocycles. The van der Waals surface area contributed by atoms with E-state index in [1.54, 1.807) is 72.3 Å². The van der Waals surface area contributed by atoms with Crippen molar-refractivity contribution in [3.63, 3.8) is 0 Å². The normalized spacial score (nSPS) is 20.1. The van der Waals surface area contributed by atoms with E-state index in [0.29, 0.717) is 40.9 Å². The Morgan fingerprint density at radius 1 is 0.920 bits per heavy atom. The number of anilines is 3. The maximum atomic E-state index is 14.4. The third-order valence-corrected chi connectivity index (χ3v) is 8.77. The molecule has 13 nitrogen and oxygen atoms in total. The first-order chi connectivity index (χ1) is 24.1. The molecule has 5 rings (SSSR count). The van der Waals surface area contributed by atoms with E-state index in [-0.39, 0.29) is 56.0 Å². The number of nitrogens with one attached hydrogen (secondary N) is 3. The Kier molecular flexibility index (Phi) is 12.4. The van der Waals surface area contributed by atoms with Gasteiger partial charge < -0.3 is 49.8 Å². The minimum atomic E-state index is -0.547. The summed E-state index contributed by atoms with van der Waals surface area (Å²) >= 11 is 0. The van der Waals surface area contributed by atoms with Gasteiger partial charge in [-0.25, -0.2) is 9.59 Å². The van der Waals surface area contributed by atoms with Crippen LogP contribution in [0.25, 0.3) is 0 Å². The number of carbonyl (C=O) groups is 3. The Balaban J connectivity index is 1.35. The molecule has 0 saturated heterocycles. The van der Waals surface area contributed by atoms with Gasteiger partial charge >= 0.3 is 12.1 Å². The van der Waals surface area contributed by atoms with Crippen LogP contribution in [0.4, 0.5) is 26.7 Å². The number of ether oxygens (including phenoxy) is 4. The molecule has 0 aromatic heterocycles. The van der Waals surface area contributed by atoms with Gasteiger partial charge in [-0.05, 0) is 75.6 Å². The van der Waals surface area contributed by atoms with Crippen LogP contribution in [0.15, 0.2) is 66.7 Å². The monoisotopic (exact) mass is 689 g/mol. The molecule has 0 unspecified atom stereocenters. The lowest BCUT2D eigenvalue weighted by molar-refractivity contribution is -0.0115. The highest BCUT2D eigenvalue weighted by atomic mass is 16.7. The Morgan fingerprint density at radius 2 is 1.62 bits per heavy atom. The fourth-order valence-electron chi connectivity index (χ4n) is 5.82. The smallest absolute Gasteiger partial charge is 0.323 e. The molecule has 13 heteroatoms. The summed E-state index contributed by atoms with van der Waals surface area (Å²) in [4.78, 5) is 43.6. The number of aliphatic hydroxyl groups is 1. The first-order valence-electron chi connectivity index (χ1n) is 17.0. The van der Waals surface area contributed by atoms with E-state index in [4.69, 9.17) is 18.9 Å². The highest BCUT2D eigenvalue weighted by Gasteiger charge is 2.31. The molecule has 5 amide bonds. The van der Waals surface area contributed by atoms with Crippen molar-refractivity contribution in [2.75, 3.05) is 56.1 Å². The van der Waals surface area contributed by atoms with Gasteiger partial charge in [0.2, 0.25) is 6.79 Å². The van der Waals surface area contributed by atoms with Crippen molar-refractivity contribution in [2.45, 2.75) is 58.3 Å². The topological polar surface area (TPSA) is 151 Å². The van der Waals surface area contributed by atoms with Crippen LogP contribution in [0.5, 0.6) is 17.2 Å². The zero-order chi connectivity index (χ0) is 35.6. The van der Waals surface area contributed by atoms with Crippen molar-refractivity contribution < 1.29 is 38.4 Å². The number of rotatable bonds is 7. The van der Waals surface area contributed by atoms with Gasteiger partial charge in [0.25, 0.3) is 5.91 Å². The summed E-state index contributed by atoms with van der Waals surface area (Å²) in [6.45, 7) is 6.51. The summed E-state index contributed by atoms with van der Waals surface area (Å²) in [6.07, 6.45) is 1.72. The molecule has 268 valence electrons. The van der Waals surface area contributed by atoms with Crippen LogP contribution in [0.1, 0.15) is 50.4 Å². The lowest BCUT2D eigenvalue weighted by Gasteiger charge is -2.35. The summed E-state index contributed by atoms with van der Waals surface area (Å²) in [5.74, 6) is 0.981. The van der Waals surface area contributed by atoms with Crippen molar-refractivity contribution in [3.05, 3.63) is 72.3 Å². The summed E-state index contributed by atoms with van der Waals surface area (Å²) in [5.41, 5.74) is 1.86. The van der Waals surface area contributed by atoms with E-state index < -0.39 is 18.2 Å². The summed E-state index contributed by atoms with van der Waals surface area (Å²) in [7, 11) is 1.70. The molecule has 0 radical (unpaired) electrons. The molecule has 2 aliphatic heterocycles. The van der Waals surface area contributed by atoms with Crippen molar-refractivity contribution in [1.29, 1.82) is 0 Å². The van der Waals surface area contributed by atoms with E-state index >= 15 is 0 Å². The van der Waals surface area contributed by atoms with Crippen molar-refractivity contribution in [1.82, 2.24) is 9.80 Å². The van der Waals surface area contributed by atoms with Crippen LogP contribution in [0, 0.1) is 5.92 Å². The van der Waals surface area contributed by atoms with Crippen molar-refractivity contribution >= 4 is 35.0 Å². The molecule has 3 aromatic carbocycles.